The van der Waals surface area contributed by atoms with Crippen molar-refractivity contribution in [1.29, 1.82) is 0 Å². The van der Waals surface area contributed by atoms with E-state index in [0.29, 0.717) is 17.0 Å². The average Bonchev–Trinajstić information content (AvgIpc) is 2.59. The van der Waals surface area contributed by atoms with Crippen LogP contribution in [0.3, 0.4) is 0 Å². The van der Waals surface area contributed by atoms with E-state index in [2.05, 4.69) is 10.5 Å². The number of hydrogen-bond donors (Lipinski definition) is 2. The molecule has 0 spiro atoms. The number of phenols is 1. The number of benzene rings is 2. The SMILES string of the molecule is COc1ccc(O)c(/C(C)=N/NC(=O)c2cccc([N+](=O)[O-])c2)c1. The van der Waals surface area contributed by atoms with E-state index in [0.717, 1.165) is 6.07 Å². The monoisotopic (exact) mass is 329 g/mol. The summed E-state index contributed by atoms with van der Waals surface area (Å²) in [5, 5.41) is 24.5. The van der Waals surface area contributed by atoms with Crippen molar-refractivity contribution in [2.75, 3.05) is 7.11 Å². The first kappa shape index (κ1) is 16.9. The predicted molar refractivity (Wildman–Crippen MR) is 87.4 cm³/mol. The number of phenolic OH excluding ortho intramolecular Hbond substituents is 1. The van der Waals surface area contributed by atoms with E-state index in [9.17, 15) is 20.0 Å². The lowest BCUT2D eigenvalue weighted by atomic mass is 10.1. The first-order valence-electron chi connectivity index (χ1n) is 6.89. The summed E-state index contributed by atoms with van der Waals surface area (Å²) in [5.41, 5.74) is 2.97. The summed E-state index contributed by atoms with van der Waals surface area (Å²) >= 11 is 0. The van der Waals surface area contributed by atoms with Crippen molar-refractivity contribution in [3.05, 3.63) is 63.7 Å². The van der Waals surface area contributed by atoms with Gasteiger partial charge in [-0.2, -0.15) is 5.10 Å². The Labute approximate surface area is 137 Å². The Hall–Kier alpha value is -3.42. The molecule has 0 aliphatic rings. The van der Waals surface area contributed by atoms with Crippen LogP contribution in [0.2, 0.25) is 0 Å². The van der Waals surface area contributed by atoms with Crippen molar-refractivity contribution in [2.24, 2.45) is 5.10 Å². The zero-order chi connectivity index (χ0) is 17.7. The molecule has 2 aromatic carbocycles. The molecule has 0 aliphatic heterocycles. The molecule has 124 valence electrons. The zero-order valence-corrected chi connectivity index (χ0v) is 13.0. The smallest absolute Gasteiger partial charge is 0.271 e. The van der Waals surface area contributed by atoms with Crippen molar-refractivity contribution in [3.63, 3.8) is 0 Å². The van der Waals surface area contributed by atoms with Crippen molar-refractivity contribution < 1.29 is 19.6 Å². The Balaban J connectivity index is 2.19. The summed E-state index contributed by atoms with van der Waals surface area (Å²) in [5.74, 6) is -0.0792. The Morgan fingerprint density at radius 1 is 1.29 bits per heavy atom. The van der Waals surface area contributed by atoms with Crippen LogP contribution in [0.4, 0.5) is 5.69 Å². The number of non-ortho nitro benzene ring substituents is 1. The van der Waals surface area contributed by atoms with Gasteiger partial charge in [0.1, 0.15) is 11.5 Å². The van der Waals surface area contributed by atoms with Crippen molar-refractivity contribution in [1.82, 2.24) is 5.43 Å². The van der Waals surface area contributed by atoms with Crippen LogP contribution in [0.15, 0.2) is 47.6 Å². The first-order valence-corrected chi connectivity index (χ1v) is 6.89. The topological polar surface area (TPSA) is 114 Å². The van der Waals surface area contributed by atoms with Crippen LogP contribution in [0.25, 0.3) is 0 Å². The number of rotatable bonds is 5. The molecule has 24 heavy (non-hydrogen) atoms. The quantitative estimate of drug-likeness (QED) is 0.497. The van der Waals surface area contributed by atoms with Gasteiger partial charge in [0.05, 0.1) is 17.7 Å². The van der Waals surface area contributed by atoms with Gasteiger partial charge in [-0.25, -0.2) is 5.43 Å². The Kier molecular flexibility index (Phi) is 5.10. The van der Waals surface area contributed by atoms with Crippen LogP contribution in [-0.2, 0) is 0 Å². The average molecular weight is 329 g/mol. The number of nitro benzene ring substituents is 1. The predicted octanol–water partition coefficient (Wildman–Crippen LogP) is 2.46. The number of aromatic hydroxyl groups is 1. The number of carbonyl (C=O) groups is 1. The van der Waals surface area contributed by atoms with Gasteiger partial charge in [0, 0.05) is 23.3 Å². The van der Waals surface area contributed by atoms with Crippen LogP contribution in [0, 0.1) is 10.1 Å². The highest BCUT2D eigenvalue weighted by Crippen LogP contribution is 2.23. The Morgan fingerprint density at radius 3 is 2.71 bits per heavy atom. The summed E-state index contributed by atoms with van der Waals surface area (Å²) in [4.78, 5) is 22.2. The Morgan fingerprint density at radius 2 is 2.04 bits per heavy atom. The molecule has 2 rings (SSSR count). The molecule has 0 bridgehead atoms. The second-order valence-corrected chi connectivity index (χ2v) is 4.83. The fourth-order valence-electron chi connectivity index (χ4n) is 1.95. The minimum atomic E-state index is -0.597. The number of nitrogens with one attached hydrogen (secondary N) is 1. The van der Waals surface area contributed by atoms with E-state index in [4.69, 9.17) is 4.74 Å². The van der Waals surface area contributed by atoms with E-state index < -0.39 is 10.8 Å². The summed E-state index contributed by atoms with van der Waals surface area (Å²) in [6, 6.07) is 9.92. The molecule has 0 unspecified atom stereocenters. The molecule has 0 saturated heterocycles. The minimum Gasteiger partial charge on any atom is -0.507 e. The molecule has 2 aromatic rings. The molecular formula is C16H15N3O5. The summed E-state index contributed by atoms with van der Waals surface area (Å²) in [7, 11) is 1.49. The number of ether oxygens (including phenoxy) is 1. The number of methoxy groups -OCH3 is 1. The van der Waals surface area contributed by atoms with Crippen LogP contribution in [-0.4, -0.2) is 28.8 Å². The van der Waals surface area contributed by atoms with Gasteiger partial charge in [0.15, 0.2) is 0 Å². The van der Waals surface area contributed by atoms with Crippen molar-refractivity contribution in [2.45, 2.75) is 6.92 Å². The maximum absolute atomic E-state index is 12.0. The third kappa shape index (κ3) is 3.86. The molecular weight excluding hydrogens is 314 g/mol. The second kappa shape index (κ2) is 7.23. The number of hydrazone groups is 1. The maximum Gasteiger partial charge on any atom is 0.271 e. The number of nitro groups is 1. The van der Waals surface area contributed by atoms with Gasteiger partial charge in [0.2, 0.25) is 0 Å². The molecule has 0 fully saturated rings. The van der Waals surface area contributed by atoms with Crippen molar-refractivity contribution in [3.8, 4) is 11.5 Å². The van der Waals surface area contributed by atoms with Crippen LogP contribution >= 0.6 is 0 Å². The fraction of sp³-hybridized carbons (Fsp3) is 0.125. The second-order valence-electron chi connectivity index (χ2n) is 4.83. The van der Waals surface area contributed by atoms with E-state index in [-0.39, 0.29) is 17.0 Å². The van der Waals surface area contributed by atoms with Crippen LogP contribution in [0.5, 0.6) is 11.5 Å². The molecule has 0 radical (unpaired) electrons. The molecule has 0 aromatic heterocycles. The van der Waals surface area contributed by atoms with Crippen LogP contribution in [0.1, 0.15) is 22.8 Å². The van der Waals surface area contributed by atoms with Crippen molar-refractivity contribution >= 4 is 17.3 Å². The lowest BCUT2D eigenvalue weighted by molar-refractivity contribution is -0.384. The third-order valence-electron chi connectivity index (χ3n) is 3.24. The van der Waals surface area contributed by atoms with Gasteiger partial charge in [-0.1, -0.05) is 6.07 Å². The number of carbonyl (C=O) groups excluding carboxylic acids is 1. The van der Waals surface area contributed by atoms with Gasteiger partial charge in [-0.05, 0) is 31.2 Å². The maximum atomic E-state index is 12.0. The van der Waals surface area contributed by atoms with E-state index in [1.165, 1.54) is 31.4 Å². The molecule has 0 heterocycles. The van der Waals surface area contributed by atoms with E-state index >= 15 is 0 Å². The minimum absolute atomic E-state index is 0.0124. The zero-order valence-electron chi connectivity index (χ0n) is 13.0. The normalized spacial score (nSPS) is 11.0. The number of amides is 1. The van der Waals surface area contributed by atoms with Gasteiger partial charge in [-0.3, -0.25) is 14.9 Å². The molecule has 0 atom stereocenters. The largest absolute Gasteiger partial charge is 0.507 e. The highest BCUT2D eigenvalue weighted by Gasteiger charge is 2.12. The van der Waals surface area contributed by atoms with E-state index in [1.54, 1.807) is 19.1 Å². The van der Waals surface area contributed by atoms with E-state index in [1.807, 2.05) is 0 Å². The summed E-state index contributed by atoms with van der Waals surface area (Å²) < 4.78 is 5.07. The summed E-state index contributed by atoms with van der Waals surface area (Å²) in [6.45, 7) is 1.60. The van der Waals surface area contributed by atoms with Gasteiger partial charge in [-0.15, -0.1) is 0 Å². The standard InChI is InChI=1S/C16H15N3O5/c1-10(14-9-13(24-2)6-7-15(14)20)17-18-16(21)11-4-3-5-12(8-11)19(22)23/h3-9,20H,1-2H3,(H,18,21)/b17-10+. The molecule has 0 saturated carbocycles. The van der Waals surface area contributed by atoms with Gasteiger partial charge < -0.3 is 9.84 Å². The number of nitrogens with zero attached hydrogens (tertiary/aromatic N) is 2. The van der Waals surface area contributed by atoms with Gasteiger partial charge in [0.25, 0.3) is 11.6 Å². The molecule has 2 N–H and O–H groups in total. The molecule has 1 amide bonds. The highest BCUT2D eigenvalue weighted by molar-refractivity contribution is 6.03. The first-order chi connectivity index (χ1) is 11.4. The molecule has 8 nitrogen and oxygen atoms in total. The molecule has 8 heteroatoms. The van der Waals surface area contributed by atoms with Crippen LogP contribution < -0.4 is 10.2 Å². The lowest BCUT2D eigenvalue weighted by Gasteiger charge is -2.07. The van der Waals surface area contributed by atoms with Gasteiger partial charge >= 0.3 is 0 Å². The third-order valence-corrected chi connectivity index (χ3v) is 3.24. The fourth-order valence-corrected chi connectivity index (χ4v) is 1.95. The Bertz CT molecular complexity index is 817. The lowest BCUT2D eigenvalue weighted by Crippen LogP contribution is -2.19. The highest BCUT2D eigenvalue weighted by atomic mass is 16.6. The molecule has 0 aliphatic carbocycles. The number of hydrogen-bond acceptors (Lipinski definition) is 6. The summed E-state index contributed by atoms with van der Waals surface area (Å²) in [6.07, 6.45) is 0.